The Labute approximate surface area is 289 Å². The van der Waals surface area contributed by atoms with Crippen molar-refractivity contribution in [1.29, 1.82) is 0 Å². The van der Waals surface area contributed by atoms with Gasteiger partial charge in [-0.3, -0.25) is 4.72 Å². The summed E-state index contributed by atoms with van der Waals surface area (Å²) in [5, 5.41) is 7.65. The van der Waals surface area contributed by atoms with Gasteiger partial charge in [0.2, 0.25) is 5.88 Å². The summed E-state index contributed by atoms with van der Waals surface area (Å²) in [5.74, 6) is 0.741. The van der Waals surface area contributed by atoms with E-state index in [1.54, 1.807) is 6.07 Å². The Morgan fingerprint density at radius 3 is 2.64 bits per heavy atom. The van der Waals surface area contributed by atoms with Gasteiger partial charge in [0, 0.05) is 43.5 Å². The van der Waals surface area contributed by atoms with E-state index >= 15 is 0 Å². The van der Waals surface area contributed by atoms with Crippen LogP contribution in [0.1, 0.15) is 45.1 Å². The highest BCUT2D eigenvalue weighted by Crippen LogP contribution is 2.38. The predicted octanol–water partition coefficient (Wildman–Crippen LogP) is 5.40. The number of sulfonamides is 1. The van der Waals surface area contributed by atoms with E-state index in [4.69, 9.17) is 14.5 Å². The van der Waals surface area contributed by atoms with E-state index < -0.39 is 28.2 Å². The molecule has 1 atom stereocenters. The molecule has 3 aromatic heterocycles. The molecule has 268 valence electrons. The van der Waals surface area contributed by atoms with Crippen LogP contribution in [0.15, 0.2) is 66.0 Å². The molecule has 50 heavy (non-hydrogen) atoms. The van der Waals surface area contributed by atoms with E-state index in [-0.39, 0.29) is 28.6 Å². The van der Waals surface area contributed by atoms with E-state index in [9.17, 15) is 21.6 Å². The number of pyridine rings is 1. The summed E-state index contributed by atoms with van der Waals surface area (Å²) in [7, 11) is -4.20. The van der Waals surface area contributed by atoms with E-state index in [1.165, 1.54) is 29.2 Å². The Morgan fingerprint density at radius 1 is 1.02 bits per heavy atom. The number of aryl methyl sites for hydroxylation is 1. The first-order valence-electron chi connectivity index (χ1n) is 16.7. The van der Waals surface area contributed by atoms with Gasteiger partial charge in [0.15, 0.2) is 16.7 Å². The standard InChI is InChI=1S/C34H41F3N8O4S/c1-33(2,34(35,36)37)23-49-29-15-18-45(42-29)32-31-26-12-7-6-11-24(26)10-5-3-4-8-17-44(21-25-22-48-19-16-38-25)28-13-9-14-30(41-28)50(46,47)43-27(40-31)20-39-32/h6-7,9,11-15,18,20,25,38H,3-5,8,10,16-17,19,21-23H2,1-2H3,(H,40,43). The maximum absolute atomic E-state index is 13.7. The van der Waals surface area contributed by atoms with Crippen molar-refractivity contribution in [1.82, 2.24) is 30.0 Å². The zero-order valence-electron chi connectivity index (χ0n) is 28.0. The van der Waals surface area contributed by atoms with E-state index in [1.807, 2.05) is 30.3 Å². The molecule has 2 N–H and O–H groups in total. The second kappa shape index (κ2) is 14.9. The number of nitrogens with one attached hydrogen (secondary N) is 2. The Balaban J connectivity index is 1.35. The quantitative estimate of drug-likeness (QED) is 0.267. The lowest BCUT2D eigenvalue weighted by Gasteiger charge is -2.31. The topological polar surface area (TPSA) is 136 Å². The molecule has 0 amide bonds. The van der Waals surface area contributed by atoms with Crippen LogP contribution in [0.2, 0.25) is 0 Å². The van der Waals surface area contributed by atoms with Gasteiger partial charge < -0.3 is 19.7 Å². The third-order valence-electron chi connectivity index (χ3n) is 8.77. The smallest absolute Gasteiger partial charge is 0.397 e. The summed E-state index contributed by atoms with van der Waals surface area (Å²) >= 11 is 0. The predicted molar refractivity (Wildman–Crippen MR) is 182 cm³/mol. The lowest BCUT2D eigenvalue weighted by Crippen LogP contribution is -2.49. The summed E-state index contributed by atoms with van der Waals surface area (Å²) in [5.41, 5.74) is -0.0375. The van der Waals surface area contributed by atoms with Crippen LogP contribution in [0.4, 0.5) is 24.8 Å². The highest BCUT2D eigenvalue weighted by molar-refractivity contribution is 7.92. The van der Waals surface area contributed by atoms with Crippen molar-refractivity contribution in [3.8, 4) is 23.0 Å². The van der Waals surface area contributed by atoms with E-state index in [0.717, 1.165) is 63.6 Å². The van der Waals surface area contributed by atoms with Crippen molar-refractivity contribution in [3.63, 3.8) is 0 Å². The third-order valence-corrected chi connectivity index (χ3v) is 10.0. The van der Waals surface area contributed by atoms with Crippen molar-refractivity contribution >= 4 is 21.7 Å². The minimum absolute atomic E-state index is 0.0227. The Hall–Kier alpha value is -4.28. The minimum atomic E-state index is -4.46. The molecular formula is C34H41F3N8O4S. The Bertz CT molecular complexity index is 1880. The molecule has 5 heterocycles. The molecule has 1 saturated heterocycles. The monoisotopic (exact) mass is 714 g/mol. The SMILES string of the molecule is CC(C)(COc1ccn(-c2ncc3nc2-c2ccccc2CCCCCCN(CC2COCCN2)c2cccc(n2)S(=O)(=O)N3)n1)C(F)(F)F. The number of halogens is 3. The summed E-state index contributed by atoms with van der Waals surface area (Å²) in [6, 6.07) is 14.1. The number of hydrogen-bond donors (Lipinski definition) is 2. The molecule has 0 aliphatic carbocycles. The van der Waals surface area contributed by atoms with Gasteiger partial charge in [-0.05, 0) is 50.8 Å². The maximum Gasteiger partial charge on any atom is 0.397 e. The van der Waals surface area contributed by atoms with Gasteiger partial charge >= 0.3 is 6.18 Å². The van der Waals surface area contributed by atoms with Crippen molar-refractivity contribution in [2.45, 2.75) is 63.2 Å². The fourth-order valence-electron chi connectivity index (χ4n) is 5.78. The van der Waals surface area contributed by atoms with Crippen LogP contribution < -0.4 is 19.7 Å². The number of ether oxygens (including phenoxy) is 2. The van der Waals surface area contributed by atoms with Crippen LogP contribution in [-0.4, -0.2) is 84.8 Å². The van der Waals surface area contributed by atoms with Crippen molar-refractivity contribution in [3.05, 3.63) is 66.5 Å². The number of hydrogen-bond acceptors (Lipinski definition) is 10. The zero-order chi connectivity index (χ0) is 35.4. The van der Waals surface area contributed by atoms with Crippen molar-refractivity contribution in [2.24, 2.45) is 5.41 Å². The molecule has 12 nitrogen and oxygen atoms in total. The number of morpholine rings is 1. The van der Waals surface area contributed by atoms with Gasteiger partial charge in [0.05, 0.1) is 24.8 Å². The summed E-state index contributed by atoms with van der Waals surface area (Å²) in [6.45, 7) is 4.78. The minimum Gasteiger partial charge on any atom is -0.476 e. The summed E-state index contributed by atoms with van der Waals surface area (Å²) < 4.78 is 82.7. The first-order valence-corrected chi connectivity index (χ1v) is 18.1. The number of fused-ring (bicyclic) bond motifs is 6. The summed E-state index contributed by atoms with van der Waals surface area (Å²) in [6.07, 6.45) is 2.81. The molecule has 2 aliphatic rings. The molecule has 0 spiro atoms. The summed E-state index contributed by atoms with van der Waals surface area (Å²) in [4.78, 5) is 16.0. The molecule has 2 aliphatic heterocycles. The first kappa shape index (κ1) is 35.5. The van der Waals surface area contributed by atoms with Crippen LogP contribution in [0.5, 0.6) is 5.88 Å². The number of alkyl halides is 3. The lowest BCUT2D eigenvalue weighted by atomic mass is 9.94. The number of rotatable bonds is 6. The molecule has 1 fully saturated rings. The molecule has 16 heteroatoms. The Kier molecular flexibility index (Phi) is 10.6. The Morgan fingerprint density at radius 2 is 1.84 bits per heavy atom. The van der Waals surface area contributed by atoms with Crippen LogP contribution in [0.3, 0.4) is 0 Å². The fourth-order valence-corrected chi connectivity index (χ4v) is 6.73. The lowest BCUT2D eigenvalue weighted by molar-refractivity contribution is -0.219. The van der Waals surface area contributed by atoms with Gasteiger partial charge in [-0.25, -0.2) is 19.6 Å². The molecular weight excluding hydrogens is 673 g/mol. The van der Waals surface area contributed by atoms with Crippen LogP contribution in [0, 0.1) is 5.41 Å². The highest BCUT2D eigenvalue weighted by atomic mass is 32.2. The number of aromatic nitrogens is 5. The fraction of sp³-hybridized carbons (Fsp3) is 0.471. The van der Waals surface area contributed by atoms with E-state index in [0.29, 0.717) is 37.8 Å². The number of nitrogens with zero attached hydrogens (tertiary/aromatic N) is 6. The largest absolute Gasteiger partial charge is 0.476 e. The van der Waals surface area contributed by atoms with Gasteiger partial charge in [-0.1, -0.05) is 43.2 Å². The number of anilines is 2. The third kappa shape index (κ3) is 8.36. The van der Waals surface area contributed by atoms with Gasteiger partial charge in [-0.15, -0.1) is 5.10 Å². The number of benzene rings is 1. The molecule has 4 bridgehead atoms. The van der Waals surface area contributed by atoms with Gasteiger partial charge in [0.25, 0.3) is 10.0 Å². The molecule has 0 radical (unpaired) electrons. The van der Waals surface area contributed by atoms with Crippen LogP contribution >= 0.6 is 0 Å². The first-order chi connectivity index (χ1) is 23.9. The van der Waals surface area contributed by atoms with Crippen LogP contribution in [-0.2, 0) is 21.2 Å². The highest BCUT2D eigenvalue weighted by Gasteiger charge is 2.48. The van der Waals surface area contributed by atoms with Crippen molar-refractivity contribution in [2.75, 3.05) is 49.1 Å². The molecule has 1 aromatic carbocycles. The van der Waals surface area contributed by atoms with E-state index in [2.05, 4.69) is 30.0 Å². The molecule has 1 unspecified atom stereocenters. The molecule has 0 saturated carbocycles. The average Bonchev–Trinajstić information content (AvgIpc) is 3.57. The average molecular weight is 715 g/mol. The van der Waals surface area contributed by atoms with Crippen LogP contribution in [0.25, 0.3) is 17.1 Å². The van der Waals surface area contributed by atoms with Gasteiger partial charge in [0.1, 0.15) is 18.1 Å². The molecule has 4 aromatic rings. The second-order valence-electron chi connectivity index (χ2n) is 13.1. The zero-order valence-corrected chi connectivity index (χ0v) is 28.8. The van der Waals surface area contributed by atoms with Gasteiger partial charge in [-0.2, -0.15) is 21.6 Å². The second-order valence-corrected chi connectivity index (χ2v) is 14.8. The van der Waals surface area contributed by atoms with Crippen molar-refractivity contribution < 1.29 is 31.1 Å². The maximum atomic E-state index is 13.7. The normalized spacial score (nSPS) is 18.8. The molecule has 6 rings (SSSR count).